The fourth-order valence-electron chi connectivity index (χ4n) is 3.53. The van der Waals surface area contributed by atoms with Crippen molar-refractivity contribution in [2.45, 2.75) is 26.2 Å². The number of carbonyl (C=O) groups excluding carboxylic acids is 1. The maximum Gasteiger partial charge on any atom is 0.223 e. The highest BCUT2D eigenvalue weighted by Crippen LogP contribution is 2.21. The molecule has 2 aliphatic heterocycles. The van der Waals surface area contributed by atoms with Crippen molar-refractivity contribution in [1.82, 2.24) is 9.80 Å². The number of hydrogen-bond acceptors (Lipinski definition) is 3. The van der Waals surface area contributed by atoms with Crippen LogP contribution in [-0.2, 0) is 4.79 Å². The van der Waals surface area contributed by atoms with Crippen LogP contribution in [0.3, 0.4) is 0 Å². The van der Waals surface area contributed by atoms with Gasteiger partial charge in [0, 0.05) is 44.8 Å². The molecule has 0 radical (unpaired) electrons. The van der Waals surface area contributed by atoms with Gasteiger partial charge in [-0.1, -0.05) is 18.2 Å². The van der Waals surface area contributed by atoms with Crippen molar-refractivity contribution in [1.29, 1.82) is 0 Å². The molecule has 3 rings (SSSR count). The van der Waals surface area contributed by atoms with E-state index in [-0.39, 0.29) is 0 Å². The highest BCUT2D eigenvalue weighted by molar-refractivity contribution is 5.76. The first-order chi connectivity index (χ1) is 10.7. The molecule has 22 heavy (non-hydrogen) atoms. The Morgan fingerprint density at radius 1 is 1.00 bits per heavy atom. The molecular weight excluding hydrogens is 274 g/mol. The summed E-state index contributed by atoms with van der Waals surface area (Å²) >= 11 is 0. The molecule has 0 N–H and O–H groups in total. The summed E-state index contributed by atoms with van der Waals surface area (Å²) in [6, 6.07) is 8.51. The van der Waals surface area contributed by atoms with E-state index in [0.717, 1.165) is 32.7 Å². The number of piperazine rings is 1. The van der Waals surface area contributed by atoms with Gasteiger partial charge >= 0.3 is 0 Å². The van der Waals surface area contributed by atoms with E-state index in [0.29, 0.717) is 12.3 Å². The van der Waals surface area contributed by atoms with Crippen LogP contribution >= 0.6 is 0 Å². The monoisotopic (exact) mass is 301 g/mol. The number of amides is 1. The fourth-order valence-corrected chi connectivity index (χ4v) is 3.53. The summed E-state index contributed by atoms with van der Waals surface area (Å²) < 4.78 is 0. The van der Waals surface area contributed by atoms with Crippen LogP contribution in [0.15, 0.2) is 24.3 Å². The first-order valence-electron chi connectivity index (χ1n) is 8.55. The largest absolute Gasteiger partial charge is 0.368 e. The molecule has 1 amide bonds. The molecule has 0 aromatic heterocycles. The van der Waals surface area contributed by atoms with Gasteiger partial charge in [0.05, 0.1) is 0 Å². The molecule has 0 unspecified atom stereocenters. The van der Waals surface area contributed by atoms with E-state index in [1.807, 2.05) is 4.90 Å². The lowest BCUT2D eigenvalue weighted by molar-refractivity contribution is -0.131. The van der Waals surface area contributed by atoms with E-state index in [1.165, 1.54) is 37.2 Å². The predicted octanol–water partition coefficient (Wildman–Crippen LogP) is 2.13. The molecule has 1 aromatic carbocycles. The summed E-state index contributed by atoms with van der Waals surface area (Å²) in [7, 11) is 0. The normalized spacial score (nSPS) is 19.7. The zero-order chi connectivity index (χ0) is 15.4. The lowest BCUT2D eigenvalue weighted by Crippen LogP contribution is -2.49. The molecule has 0 bridgehead atoms. The Balaban J connectivity index is 1.46. The smallest absolute Gasteiger partial charge is 0.223 e. The van der Waals surface area contributed by atoms with Crippen molar-refractivity contribution in [3.8, 4) is 0 Å². The van der Waals surface area contributed by atoms with E-state index in [2.05, 4.69) is 41.0 Å². The lowest BCUT2D eigenvalue weighted by Gasteiger charge is -2.37. The second-order valence-corrected chi connectivity index (χ2v) is 6.45. The summed E-state index contributed by atoms with van der Waals surface area (Å²) in [6.45, 7) is 9.05. The van der Waals surface area contributed by atoms with Crippen LogP contribution in [0.5, 0.6) is 0 Å². The van der Waals surface area contributed by atoms with Gasteiger partial charge in [0.25, 0.3) is 0 Å². The quantitative estimate of drug-likeness (QED) is 0.852. The summed E-state index contributed by atoms with van der Waals surface area (Å²) in [4.78, 5) is 19.2. The van der Waals surface area contributed by atoms with Gasteiger partial charge in [-0.3, -0.25) is 4.79 Å². The number of benzene rings is 1. The number of likely N-dealkylation sites (tertiary alicyclic amines) is 1. The molecule has 2 heterocycles. The molecule has 2 saturated heterocycles. The number of rotatable bonds is 4. The van der Waals surface area contributed by atoms with Gasteiger partial charge in [0.1, 0.15) is 0 Å². The van der Waals surface area contributed by atoms with Crippen LogP contribution in [0.4, 0.5) is 5.69 Å². The number of carbonyl (C=O) groups is 1. The second-order valence-electron chi connectivity index (χ2n) is 6.45. The van der Waals surface area contributed by atoms with Crippen LogP contribution in [0.1, 0.15) is 24.8 Å². The zero-order valence-electron chi connectivity index (χ0n) is 13.6. The average Bonchev–Trinajstić information content (AvgIpc) is 3.07. The molecular formula is C18H27N3O. The highest BCUT2D eigenvalue weighted by atomic mass is 16.2. The van der Waals surface area contributed by atoms with Crippen molar-refractivity contribution < 1.29 is 4.79 Å². The maximum atomic E-state index is 12.3. The first-order valence-corrected chi connectivity index (χ1v) is 8.55. The van der Waals surface area contributed by atoms with Gasteiger partial charge in [0.2, 0.25) is 5.91 Å². The third kappa shape index (κ3) is 3.61. The van der Waals surface area contributed by atoms with Crippen molar-refractivity contribution in [3.05, 3.63) is 29.8 Å². The van der Waals surface area contributed by atoms with E-state index in [1.54, 1.807) is 0 Å². The van der Waals surface area contributed by atoms with E-state index in [9.17, 15) is 4.79 Å². The first kappa shape index (κ1) is 15.3. The number of para-hydroxylation sites is 1. The number of aryl methyl sites for hydroxylation is 1. The SMILES string of the molecule is Cc1ccccc1N1CCN(C(=O)CCN2CCCC2)CC1. The maximum absolute atomic E-state index is 12.3. The minimum absolute atomic E-state index is 0.330. The number of hydrogen-bond donors (Lipinski definition) is 0. The molecule has 0 aliphatic carbocycles. The van der Waals surface area contributed by atoms with Crippen LogP contribution in [0.25, 0.3) is 0 Å². The molecule has 0 saturated carbocycles. The summed E-state index contributed by atoms with van der Waals surface area (Å²) in [6.07, 6.45) is 3.27. The molecule has 4 nitrogen and oxygen atoms in total. The molecule has 1 aromatic rings. The van der Waals surface area contributed by atoms with E-state index < -0.39 is 0 Å². The zero-order valence-corrected chi connectivity index (χ0v) is 13.6. The summed E-state index contributed by atoms with van der Waals surface area (Å²) in [5.74, 6) is 0.330. The van der Waals surface area contributed by atoms with Gasteiger partial charge in [-0.2, -0.15) is 0 Å². The minimum Gasteiger partial charge on any atom is -0.368 e. The van der Waals surface area contributed by atoms with Gasteiger partial charge in [-0.05, 0) is 44.5 Å². The summed E-state index contributed by atoms with van der Waals surface area (Å²) in [5.41, 5.74) is 2.63. The molecule has 2 fully saturated rings. The molecule has 4 heteroatoms. The second kappa shape index (κ2) is 7.14. The van der Waals surface area contributed by atoms with E-state index >= 15 is 0 Å². The van der Waals surface area contributed by atoms with Crippen molar-refractivity contribution in [2.75, 3.05) is 50.7 Å². The Morgan fingerprint density at radius 3 is 2.36 bits per heavy atom. The minimum atomic E-state index is 0.330. The van der Waals surface area contributed by atoms with Crippen LogP contribution in [-0.4, -0.2) is 61.5 Å². The van der Waals surface area contributed by atoms with Crippen molar-refractivity contribution in [3.63, 3.8) is 0 Å². The lowest BCUT2D eigenvalue weighted by atomic mass is 10.1. The molecule has 2 aliphatic rings. The van der Waals surface area contributed by atoms with Gasteiger partial charge in [-0.25, -0.2) is 0 Å². The predicted molar refractivity (Wildman–Crippen MR) is 90.3 cm³/mol. The van der Waals surface area contributed by atoms with Crippen LogP contribution in [0.2, 0.25) is 0 Å². The fraction of sp³-hybridized carbons (Fsp3) is 0.611. The van der Waals surface area contributed by atoms with Gasteiger partial charge in [-0.15, -0.1) is 0 Å². The third-order valence-electron chi connectivity index (χ3n) is 4.93. The van der Waals surface area contributed by atoms with Crippen molar-refractivity contribution in [2.24, 2.45) is 0 Å². The van der Waals surface area contributed by atoms with Crippen LogP contribution < -0.4 is 4.90 Å². The highest BCUT2D eigenvalue weighted by Gasteiger charge is 2.22. The van der Waals surface area contributed by atoms with Crippen molar-refractivity contribution >= 4 is 11.6 Å². The van der Waals surface area contributed by atoms with Gasteiger partial charge in [0.15, 0.2) is 0 Å². The Bertz CT molecular complexity index is 503. The topological polar surface area (TPSA) is 26.8 Å². The molecule has 120 valence electrons. The Hall–Kier alpha value is -1.55. The van der Waals surface area contributed by atoms with Crippen LogP contribution in [0, 0.1) is 6.92 Å². The number of anilines is 1. The molecule has 0 atom stereocenters. The Labute approximate surface area is 133 Å². The summed E-state index contributed by atoms with van der Waals surface area (Å²) in [5, 5.41) is 0. The standard InChI is InChI=1S/C18H27N3O/c1-16-6-2-3-7-17(16)20-12-14-21(15-13-20)18(22)8-11-19-9-4-5-10-19/h2-3,6-7H,4-5,8-15H2,1H3. The third-order valence-corrected chi connectivity index (χ3v) is 4.93. The Morgan fingerprint density at radius 2 is 1.68 bits per heavy atom. The van der Waals surface area contributed by atoms with Gasteiger partial charge < -0.3 is 14.7 Å². The Kier molecular flexibility index (Phi) is 4.98. The molecule has 0 spiro atoms. The average molecular weight is 301 g/mol. The number of nitrogens with zero attached hydrogens (tertiary/aromatic N) is 3. The van der Waals surface area contributed by atoms with E-state index in [4.69, 9.17) is 0 Å².